The lowest BCUT2D eigenvalue weighted by atomic mass is 10.1. The Hall–Kier alpha value is -1.73. The summed E-state index contributed by atoms with van der Waals surface area (Å²) in [5.41, 5.74) is 0.696. The molecule has 1 fully saturated rings. The molecule has 1 unspecified atom stereocenters. The van der Waals surface area contributed by atoms with Gasteiger partial charge in [-0.25, -0.2) is 12.7 Å². The molecule has 1 aromatic rings. The average molecular weight is 366 g/mol. The minimum absolute atomic E-state index is 0.00978. The molecule has 25 heavy (non-hydrogen) atoms. The summed E-state index contributed by atoms with van der Waals surface area (Å²) in [6.45, 7) is 2.77. The Bertz CT molecular complexity index is 701. The number of rotatable bonds is 9. The highest BCUT2D eigenvalue weighted by Gasteiger charge is 2.50. The topological polar surface area (TPSA) is 76.0 Å². The van der Waals surface area contributed by atoms with E-state index in [0.717, 1.165) is 30.0 Å². The van der Waals surface area contributed by atoms with Gasteiger partial charge in [-0.1, -0.05) is 56.5 Å². The lowest BCUT2D eigenvalue weighted by Gasteiger charge is -2.15. The van der Waals surface area contributed by atoms with Gasteiger partial charge in [-0.3, -0.25) is 9.79 Å². The standard InChI is InChI=1S/C18H26N2O4S/c1-3-4-5-9-12-19-16-17(15-10-7-6-8-11-15)25(22,23)20(18(16)21)13-14-24-2/h6-8,10-11,17H,3-5,9,12-14H2,1-2H3. The number of ether oxygens (including phenoxy) is 1. The van der Waals surface area contributed by atoms with Crippen LogP contribution in [0.25, 0.3) is 0 Å². The number of methoxy groups -OCH3 is 1. The van der Waals surface area contributed by atoms with Gasteiger partial charge in [0, 0.05) is 13.7 Å². The van der Waals surface area contributed by atoms with Crippen molar-refractivity contribution < 1.29 is 17.9 Å². The molecule has 1 aromatic carbocycles. The van der Waals surface area contributed by atoms with Gasteiger partial charge in [-0.05, 0) is 12.0 Å². The van der Waals surface area contributed by atoms with E-state index in [1.165, 1.54) is 7.11 Å². The fraction of sp³-hybridized carbons (Fsp3) is 0.556. The number of sulfonamides is 1. The summed E-state index contributed by atoms with van der Waals surface area (Å²) in [7, 11) is -2.35. The highest BCUT2D eigenvalue weighted by molar-refractivity contribution is 7.91. The van der Waals surface area contributed by atoms with E-state index in [1.807, 2.05) is 6.07 Å². The molecule has 138 valence electrons. The first-order chi connectivity index (χ1) is 12.0. The Balaban J connectivity index is 2.32. The van der Waals surface area contributed by atoms with Crippen molar-refractivity contribution in [2.75, 3.05) is 26.8 Å². The quantitative estimate of drug-likeness (QED) is 0.630. The second kappa shape index (κ2) is 9.10. The maximum absolute atomic E-state index is 12.9. The third kappa shape index (κ3) is 4.46. The van der Waals surface area contributed by atoms with Gasteiger partial charge in [-0.15, -0.1) is 0 Å². The molecule has 0 radical (unpaired) electrons. The summed E-state index contributed by atoms with van der Waals surface area (Å²) in [6.07, 6.45) is 4.10. The fourth-order valence-corrected chi connectivity index (χ4v) is 4.74. The third-order valence-corrected chi connectivity index (χ3v) is 6.25. The molecule has 0 bridgehead atoms. The van der Waals surface area contributed by atoms with E-state index < -0.39 is 21.2 Å². The SMILES string of the molecule is CCCCCCN=C1C(=O)N(CCOC)S(=O)(=O)C1c1ccccc1. The molecule has 7 heteroatoms. The molecule has 6 nitrogen and oxygen atoms in total. The first-order valence-electron chi connectivity index (χ1n) is 8.68. The van der Waals surface area contributed by atoms with E-state index in [-0.39, 0.29) is 18.9 Å². The summed E-state index contributed by atoms with van der Waals surface area (Å²) < 4.78 is 31.7. The predicted molar refractivity (Wildman–Crippen MR) is 98.1 cm³/mol. The van der Waals surface area contributed by atoms with Crippen molar-refractivity contribution in [3.05, 3.63) is 35.9 Å². The zero-order valence-electron chi connectivity index (χ0n) is 14.8. The van der Waals surface area contributed by atoms with E-state index in [9.17, 15) is 13.2 Å². The van der Waals surface area contributed by atoms with E-state index in [4.69, 9.17) is 4.74 Å². The van der Waals surface area contributed by atoms with E-state index in [0.29, 0.717) is 12.1 Å². The largest absolute Gasteiger partial charge is 0.383 e. The van der Waals surface area contributed by atoms with Gasteiger partial charge in [0.2, 0.25) is 0 Å². The molecule has 0 aromatic heterocycles. The van der Waals surface area contributed by atoms with Crippen molar-refractivity contribution in [2.45, 2.75) is 37.9 Å². The zero-order valence-corrected chi connectivity index (χ0v) is 15.7. The zero-order chi connectivity index (χ0) is 18.3. The number of carbonyl (C=O) groups excluding carboxylic acids is 1. The summed E-state index contributed by atoms with van der Waals surface area (Å²) >= 11 is 0. The van der Waals surface area contributed by atoms with Gasteiger partial charge < -0.3 is 4.74 Å². The van der Waals surface area contributed by atoms with E-state index in [1.54, 1.807) is 24.3 Å². The number of hydrogen-bond donors (Lipinski definition) is 0. The lowest BCUT2D eigenvalue weighted by Crippen LogP contribution is -2.34. The summed E-state index contributed by atoms with van der Waals surface area (Å²) in [4.78, 5) is 17.1. The van der Waals surface area contributed by atoms with Gasteiger partial charge in [0.25, 0.3) is 15.9 Å². The van der Waals surface area contributed by atoms with Crippen LogP contribution in [0.5, 0.6) is 0 Å². The van der Waals surface area contributed by atoms with Gasteiger partial charge in [0.15, 0.2) is 5.25 Å². The van der Waals surface area contributed by atoms with Crippen LogP contribution >= 0.6 is 0 Å². The Morgan fingerprint density at radius 1 is 1.16 bits per heavy atom. The summed E-state index contributed by atoms with van der Waals surface area (Å²) in [6, 6.07) is 8.80. The number of nitrogens with zero attached hydrogens (tertiary/aromatic N) is 2. The minimum atomic E-state index is -3.83. The number of benzene rings is 1. The summed E-state index contributed by atoms with van der Waals surface area (Å²) in [5.74, 6) is -0.526. The molecule has 0 N–H and O–H groups in total. The predicted octanol–water partition coefficient (Wildman–Crippen LogP) is 2.57. The molecule has 1 saturated heterocycles. The van der Waals surface area contributed by atoms with Crippen molar-refractivity contribution in [2.24, 2.45) is 4.99 Å². The Kier molecular flexibility index (Phi) is 7.13. The maximum Gasteiger partial charge on any atom is 0.283 e. The van der Waals surface area contributed by atoms with Crippen molar-refractivity contribution in [3.8, 4) is 0 Å². The van der Waals surface area contributed by atoms with Crippen molar-refractivity contribution in [1.29, 1.82) is 0 Å². The van der Waals surface area contributed by atoms with Crippen LogP contribution in [0.4, 0.5) is 0 Å². The van der Waals surface area contributed by atoms with Crippen LogP contribution in [-0.4, -0.2) is 51.1 Å². The molecule has 1 aliphatic heterocycles. The van der Waals surface area contributed by atoms with Crippen LogP contribution in [0.2, 0.25) is 0 Å². The molecule has 0 spiro atoms. The highest BCUT2D eigenvalue weighted by atomic mass is 32.2. The maximum atomic E-state index is 12.9. The van der Waals surface area contributed by atoms with Gasteiger partial charge >= 0.3 is 0 Å². The van der Waals surface area contributed by atoms with Crippen molar-refractivity contribution >= 4 is 21.6 Å². The molecular weight excluding hydrogens is 340 g/mol. The first-order valence-corrected chi connectivity index (χ1v) is 10.2. The monoisotopic (exact) mass is 366 g/mol. The normalized spacial score (nSPS) is 21.2. The Morgan fingerprint density at radius 2 is 1.88 bits per heavy atom. The number of aliphatic imine (C=N–C) groups is 1. The summed E-state index contributed by atoms with van der Waals surface area (Å²) in [5, 5.41) is -1.02. The average Bonchev–Trinajstić information content (AvgIpc) is 2.79. The number of amides is 1. The lowest BCUT2D eigenvalue weighted by molar-refractivity contribution is -0.119. The van der Waals surface area contributed by atoms with Gasteiger partial charge in [-0.2, -0.15) is 0 Å². The molecular formula is C18H26N2O4S. The minimum Gasteiger partial charge on any atom is -0.383 e. The Morgan fingerprint density at radius 3 is 2.52 bits per heavy atom. The first kappa shape index (κ1) is 19.6. The second-order valence-electron chi connectivity index (χ2n) is 6.03. The molecule has 0 saturated carbocycles. The van der Waals surface area contributed by atoms with Crippen LogP contribution in [0.3, 0.4) is 0 Å². The third-order valence-electron chi connectivity index (χ3n) is 4.19. The van der Waals surface area contributed by atoms with E-state index >= 15 is 0 Å². The Labute approximate surface area is 149 Å². The van der Waals surface area contributed by atoms with Crippen molar-refractivity contribution in [3.63, 3.8) is 0 Å². The second-order valence-corrected chi connectivity index (χ2v) is 7.98. The molecule has 1 amide bonds. The fourth-order valence-electron chi connectivity index (χ4n) is 2.87. The number of unbranched alkanes of at least 4 members (excludes halogenated alkanes) is 3. The van der Waals surface area contributed by atoms with Gasteiger partial charge in [0.05, 0.1) is 13.2 Å². The molecule has 1 atom stereocenters. The molecule has 2 rings (SSSR count). The molecule has 1 heterocycles. The molecule has 0 aliphatic carbocycles. The highest BCUT2D eigenvalue weighted by Crippen LogP contribution is 2.34. The van der Waals surface area contributed by atoms with Crippen LogP contribution in [0, 0.1) is 0 Å². The van der Waals surface area contributed by atoms with Crippen LogP contribution in [0.1, 0.15) is 43.4 Å². The van der Waals surface area contributed by atoms with E-state index in [2.05, 4.69) is 11.9 Å². The van der Waals surface area contributed by atoms with Crippen LogP contribution < -0.4 is 0 Å². The van der Waals surface area contributed by atoms with Crippen LogP contribution in [0.15, 0.2) is 35.3 Å². The van der Waals surface area contributed by atoms with Crippen LogP contribution in [-0.2, 0) is 19.6 Å². The number of carbonyl (C=O) groups is 1. The van der Waals surface area contributed by atoms with Gasteiger partial charge in [0.1, 0.15) is 5.71 Å². The molecule has 1 aliphatic rings. The number of hydrogen-bond acceptors (Lipinski definition) is 5. The van der Waals surface area contributed by atoms with Crippen molar-refractivity contribution in [1.82, 2.24) is 4.31 Å². The smallest absolute Gasteiger partial charge is 0.283 e.